The van der Waals surface area contributed by atoms with Gasteiger partial charge in [0.1, 0.15) is 0 Å². The summed E-state index contributed by atoms with van der Waals surface area (Å²) in [5.74, 6) is 0.201. The first-order valence-corrected chi connectivity index (χ1v) is 10.0. The van der Waals surface area contributed by atoms with Crippen LogP contribution in [0.25, 0.3) is 0 Å². The van der Waals surface area contributed by atoms with Crippen molar-refractivity contribution in [2.24, 2.45) is 0 Å². The monoisotopic (exact) mass is 338 g/mol. The summed E-state index contributed by atoms with van der Waals surface area (Å²) in [6.07, 6.45) is 5.80. The highest BCUT2D eigenvalue weighted by molar-refractivity contribution is 7.91. The van der Waals surface area contributed by atoms with Gasteiger partial charge < -0.3 is 10.6 Å². The fraction of sp³-hybridized carbons (Fsp3) is 0.556. The Hall–Kier alpha value is -1.17. The van der Waals surface area contributed by atoms with Crippen LogP contribution in [0.5, 0.6) is 0 Å². The molecule has 0 radical (unpaired) electrons. The Kier molecular flexibility index (Phi) is 9.83. The molecule has 0 heterocycles. The van der Waals surface area contributed by atoms with Gasteiger partial charge in [0, 0.05) is 0 Å². The first kappa shape index (κ1) is 19.9. The van der Waals surface area contributed by atoms with Crippen molar-refractivity contribution < 1.29 is 8.42 Å². The molecule has 0 spiro atoms. The molecular formula is C18H30N2O2S. The largest absolute Gasteiger partial charge is 0.317 e. The Labute approximate surface area is 141 Å². The molecule has 0 saturated carbocycles. The Balaban J connectivity index is 2.06. The third-order valence-electron chi connectivity index (χ3n) is 3.63. The van der Waals surface area contributed by atoms with Gasteiger partial charge >= 0.3 is 0 Å². The van der Waals surface area contributed by atoms with Crippen LogP contribution in [-0.4, -0.2) is 40.3 Å². The highest BCUT2D eigenvalue weighted by Gasteiger charge is 2.13. The highest BCUT2D eigenvalue weighted by Crippen LogP contribution is 2.12. The van der Waals surface area contributed by atoms with Crippen LogP contribution in [-0.2, 0) is 9.84 Å². The van der Waals surface area contributed by atoms with E-state index in [1.165, 1.54) is 0 Å². The summed E-state index contributed by atoms with van der Waals surface area (Å²) in [6, 6.07) is 7.07. The summed E-state index contributed by atoms with van der Waals surface area (Å²) >= 11 is 0. The van der Waals surface area contributed by atoms with Crippen LogP contribution in [0.4, 0.5) is 0 Å². The van der Waals surface area contributed by atoms with Crippen LogP contribution in [0.15, 0.2) is 41.8 Å². The molecule has 130 valence electrons. The Bertz CT molecular complexity index is 539. The molecule has 0 aliphatic carbocycles. The maximum Gasteiger partial charge on any atom is 0.178 e. The predicted molar refractivity (Wildman–Crippen MR) is 97.6 cm³/mol. The van der Waals surface area contributed by atoms with Crippen molar-refractivity contribution in [2.45, 2.75) is 37.5 Å². The van der Waals surface area contributed by atoms with Gasteiger partial charge in [0.15, 0.2) is 9.84 Å². The second-order valence-corrected chi connectivity index (χ2v) is 7.88. The van der Waals surface area contributed by atoms with Crippen molar-refractivity contribution in [1.29, 1.82) is 0 Å². The van der Waals surface area contributed by atoms with E-state index in [0.717, 1.165) is 51.0 Å². The lowest BCUT2D eigenvalue weighted by Crippen LogP contribution is -2.21. The standard InChI is InChI=1S/C18H30N2O2S/c1-3-4-12-19-13-5-6-14-20-15-7-16-23(21,22)18-10-8-17(2)9-11-18/h3,8-11,19-20H,1,4-7,12-16H2,2H3. The molecule has 0 aliphatic rings. The van der Waals surface area contributed by atoms with Crippen molar-refractivity contribution in [1.82, 2.24) is 10.6 Å². The van der Waals surface area contributed by atoms with Gasteiger partial charge in [0.2, 0.25) is 0 Å². The topological polar surface area (TPSA) is 58.2 Å². The highest BCUT2D eigenvalue weighted by atomic mass is 32.2. The molecule has 0 bridgehead atoms. The summed E-state index contributed by atoms with van der Waals surface area (Å²) in [6.45, 7) is 9.34. The lowest BCUT2D eigenvalue weighted by molar-refractivity contribution is 0.573. The first-order chi connectivity index (χ1) is 11.1. The maximum absolute atomic E-state index is 12.2. The third kappa shape index (κ3) is 8.89. The number of unbranched alkanes of at least 4 members (excludes halogenated alkanes) is 1. The van der Waals surface area contributed by atoms with Gasteiger partial charge in [-0.15, -0.1) is 6.58 Å². The number of sulfone groups is 1. The summed E-state index contributed by atoms with van der Waals surface area (Å²) in [7, 11) is -3.15. The molecule has 23 heavy (non-hydrogen) atoms. The molecule has 1 aromatic carbocycles. The summed E-state index contributed by atoms with van der Waals surface area (Å²) in [4.78, 5) is 0.425. The van der Waals surface area contributed by atoms with E-state index in [4.69, 9.17) is 0 Å². The number of aryl methyl sites for hydroxylation is 1. The van der Waals surface area contributed by atoms with Crippen molar-refractivity contribution >= 4 is 9.84 Å². The fourth-order valence-electron chi connectivity index (χ4n) is 2.20. The lowest BCUT2D eigenvalue weighted by atomic mass is 10.2. The minimum absolute atomic E-state index is 0.201. The van der Waals surface area contributed by atoms with E-state index in [1.54, 1.807) is 12.1 Å². The van der Waals surface area contributed by atoms with Gasteiger partial charge in [-0.2, -0.15) is 0 Å². The minimum Gasteiger partial charge on any atom is -0.317 e. The number of hydrogen-bond donors (Lipinski definition) is 2. The minimum atomic E-state index is -3.15. The van der Waals surface area contributed by atoms with Gasteiger partial charge in [-0.05, 0) is 70.9 Å². The predicted octanol–water partition coefficient (Wildman–Crippen LogP) is 2.69. The van der Waals surface area contributed by atoms with Gasteiger partial charge in [0.25, 0.3) is 0 Å². The number of rotatable bonds is 13. The molecule has 0 fully saturated rings. The summed E-state index contributed by atoms with van der Waals surface area (Å²) < 4.78 is 24.3. The molecule has 5 heteroatoms. The number of nitrogens with one attached hydrogen (secondary N) is 2. The van der Waals surface area contributed by atoms with Crippen LogP contribution in [0, 0.1) is 6.92 Å². The molecular weight excluding hydrogens is 308 g/mol. The molecule has 0 amide bonds. The van der Waals surface area contributed by atoms with Crippen LogP contribution in [0.3, 0.4) is 0 Å². The second kappa shape index (κ2) is 11.4. The molecule has 0 atom stereocenters. The number of hydrogen-bond acceptors (Lipinski definition) is 4. The molecule has 1 rings (SSSR count). The zero-order valence-electron chi connectivity index (χ0n) is 14.2. The average Bonchev–Trinajstić information content (AvgIpc) is 2.53. The van der Waals surface area contributed by atoms with E-state index in [-0.39, 0.29) is 5.75 Å². The van der Waals surface area contributed by atoms with E-state index in [2.05, 4.69) is 17.2 Å². The second-order valence-electron chi connectivity index (χ2n) is 5.77. The Morgan fingerprint density at radius 1 is 0.957 bits per heavy atom. The summed E-state index contributed by atoms with van der Waals surface area (Å²) in [5, 5.41) is 6.66. The van der Waals surface area contributed by atoms with Gasteiger partial charge in [-0.25, -0.2) is 8.42 Å². The third-order valence-corrected chi connectivity index (χ3v) is 5.45. The smallest absolute Gasteiger partial charge is 0.178 e. The number of benzene rings is 1. The van der Waals surface area contributed by atoms with Crippen LogP contribution < -0.4 is 10.6 Å². The van der Waals surface area contributed by atoms with E-state index >= 15 is 0 Å². The van der Waals surface area contributed by atoms with E-state index in [0.29, 0.717) is 11.3 Å². The SMILES string of the molecule is C=CCCNCCCCNCCCS(=O)(=O)c1ccc(C)cc1. The zero-order chi connectivity index (χ0) is 17.0. The molecule has 0 saturated heterocycles. The Morgan fingerprint density at radius 3 is 2.13 bits per heavy atom. The molecule has 1 aromatic rings. The average molecular weight is 339 g/mol. The van der Waals surface area contributed by atoms with Crippen LogP contribution in [0.1, 0.15) is 31.2 Å². The van der Waals surface area contributed by atoms with Gasteiger partial charge in [-0.1, -0.05) is 23.8 Å². The van der Waals surface area contributed by atoms with Crippen molar-refractivity contribution in [3.8, 4) is 0 Å². The van der Waals surface area contributed by atoms with Crippen LogP contribution >= 0.6 is 0 Å². The van der Waals surface area contributed by atoms with Crippen molar-refractivity contribution in [3.05, 3.63) is 42.5 Å². The van der Waals surface area contributed by atoms with E-state index in [1.807, 2.05) is 25.1 Å². The van der Waals surface area contributed by atoms with E-state index in [9.17, 15) is 8.42 Å². The molecule has 0 unspecified atom stereocenters. The Morgan fingerprint density at radius 2 is 1.52 bits per heavy atom. The molecule has 0 aromatic heterocycles. The fourth-order valence-corrected chi connectivity index (χ4v) is 3.52. The lowest BCUT2D eigenvalue weighted by Gasteiger charge is -2.07. The molecule has 0 aliphatic heterocycles. The quantitative estimate of drug-likeness (QED) is 0.429. The van der Waals surface area contributed by atoms with Crippen LogP contribution in [0.2, 0.25) is 0 Å². The van der Waals surface area contributed by atoms with E-state index < -0.39 is 9.84 Å². The first-order valence-electron chi connectivity index (χ1n) is 8.38. The van der Waals surface area contributed by atoms with Gasteiger partial charge in [0.05, 0.1) is 10.6 Å². The molecule has 4 nitrogen and oxygen atoms in total. The molecule has 2 N–H and O–H groups in total. The maximum atomic E-state index is 12.2. The zero-order valence-corrected chi connectivity index (χ0v) is 15.0. The summed E-state index contributed by atoms with van der Waals surface area (Å²) in [5.41, 5.74) is 1.07. The van der Waals surface area contributed by atoms with Gasteiger partial charge in [-0.3, -0.25) is 0 Å². The normalized spacial score (nSPS) is 11.5. The van der Waals surface area contributed by atoms with Crippen molar-refractivity contribution in [3.63, 3.8) is 0 Å². The van der Waals surface area contributed by atoms with Crippen molar-refractivity contribution in [2.75, 3.05) is 31.9 Å².